The van der Waals surface area contributed by atoms with Crippen LogP contribution in [0.2, 0.25) is 0 Å². The van der Waals surface area contributed by atoms with E-state index < -0.39 is 32.4 Å². The van der Waals surface area contributed by atoms with E-state index >= 15 is 0 Å². The summed E-state index contributed by atoms with van der Waals surface area (Å²) in [5.74, 6) is 2.23. The Morgan fingerprint density at radius 2 is 1.96 bits per heavy atom. The fourth-order valence-corrected chi connectivity index (χ4v) is 2.32. The van der Waals surface area contributed by atoms with E-state index in [4.69, 9.17) is 6.42 Å². The Morgan fingerprint density at radius 1 is 1.29 bits per heavy atom. The van der Waals surface area contributed by atoms with Crippen LogP contribution >= 0.6 is 0 Å². The first kappa shape index (κ1) is 17.7. The quantitative estimate of drug-likeness (QED) is 0.612. The van der Waals surface area contributed by atoms with Crippen molar-refractivity contribution in [3.05, 3.63) is 40.4 Å². The van der Waals surface area contributed by atoms with Gasteiger partial charge >= 0.3 is 6.18 Å². The topological polar surface area (TPSA) is 81.9 Å². The van der Waals surface area contributed by atoms with Gasteiger partial charge in [0.05, 0.1) is 12.2 Å². The van der Waals surface area contributed by atoms with Crippen molar-refractivity contribution < 1.29 is 21.6 Å². The number of terminal acetylenes is 1. The van der Waals surface area contributed by atoms with Crippen LogP contribution in [0.15, 0.2) is 34.3 Å². The van der Waals surface area contributed by atoms with Gasteiger partial charge in [-0.15, -0.1) is 6.42 Å². The van der Waals surface area contributed by atoms with E-state index in [1.54, 1.807) is 0 Å². The van der Waals surface area contributed by atoms with E-state index in [-0.39, 0.29) is 17.8 Å². The van der Waals surface area contributed by atoms with Crippen LogP contribution in [0.25, 0.3) is 11.3 Å². The number of sulfone groups is 1. The molecule has 0 spiro atoms. The lowest BCUT2D eigenvalue weighted by Gasteiger charge is -2.10. The minimum absolute atomic E-state index is 0.0944. The van der Waals surface area contributed by atoms with E-state index in [1.165, 1.54) is 12.3 Å². The van der Waals surface area contributed by atoms with Crippen molar-refractivity contribution in [1.82, 2.24) is 14.5 Å². The molecule has 10 heteroatoms. The normalized spacial score (nSPS) is 12.0. The van der Waals surface area contributed by atoms with E-state index in [2.05, 4.69) is 15.9 Å². The van der Waals surface area contributed by atoms with Crippen LogP contribution < -0.4 is 5.56 Å². The molecule has 0 bridgehead atoms. The molecule has 0 saturated carbocycles. The van der Waals surface area contributed by atoms with Gasteiger partial charge in [-0.1, -0.05) is 5.92 Å². The van der Waals surface area contributed by atoms with Crippen molar-refractivity contribution >= 4 is 9.84 Å². The summed E-state index contributed by atoms with van der Waals surface area (Å²) in [5.41, 5.74) is -2.04. The molecule has 0 atom stereocenters. The van der Waals surface area contributed by atoms with Gasteiger partial charge in [-0.3, -0.25) is 4.79 Å². The first-order chi connectivity index (χ1) is 11.0. The van der Waals surface area contributed by atoms with Crippen molar-refractivity contribution in [1.29, 1.82) is 0 Å². The summed E-state index contributed by atoms with van der Waals surface area (Å²) in [7, 11) is -4.07. The molecule has 0 aliphatic heterocycles. The van der Waals surface area contributed by atoms with Crippen LogP contribution in [-0.4, -0.2) is 29.2 Å². The van der Waals surface area contributed by atoms with Gasteiger partial charge in [0.15, 0.2) is 0 Å². The maximum atomic E-state index is 12.9. The van der Waals surface area contributed by atoms with E-state index in [0.717, 1.165) is 10.6 Å². The minimum Gasteiger partial charge on any atom is -0.303 e. The predicted molar refractivity (Wildman–Crippen MR) is 78.7 cm³/mol. The Balaban J connectivity index is 2.73. The molecule has 0 amide bonds. The highest BCUT2D eigenvalue weighted by atomic mass is 32.2. The van der Waals surface area contributed by atoms with Gasteiger partial charge in [0.1, 0.15) is 5.69 Å². The van der Waals surface area contributed by atoms with Gasteiger partial charge in [0.2, 0.25) is 15.0 Å². The van der Waals surface area contributed by atoms with Gasteiger partial charge in [0, 0.05) is 24.1 Å². The molecule has 0 radical (unpaired) electrons. The third-order valence-electron chi connectivity index (χ3n) is 2.87. The van der Waals surface area contributed by atoms with Crippen LogP contribution in [-0.2, 0) is 22.6 Å². The Morgan fingerprint density at radius 3 is 2.50 bits per heavy atom. The predicted octanol–water partition coefficient (Wildman–Crippen LogP) is 1.36. The van der Waals surface area contributed by atoms with Crippen molar-refractivity contribution in [3.8, 4) is 23.6 Å². The highest BCUT2D eigenvalue weighted by molar-refractivity contribution is 7.90. The maximum absolute atomic E-state index is 12.9. The van der Waals surface area contributed by atoms with Crippen molar-refractivity contribution in [2.24, 2.45) is 0 Å². The molecule has 2 rings (SSSR count). The number of halogens is 3. The lowest BCUT2D eigenvalue weighted by Crippen LogP contribution is -2.18. The standard InChI is InChI=1S/C14H10F3N3O3S/c1-3-6-20-8-9(4-5-12(20)21)10-7-11(14(15,16)17)19-13(18-10)24(2,22)23/h1,4-5,7-8H,6H2,2H3. The number of alkyl halides is 3. The highest BCUT2D eigenvalue weighted by Gasteiger charge is 2.34. The number of aromatic nitrogens is 3. The lowest BCUT2D eigenvalue weighted by molar-refractivity contribution is -0.141. The lowest BCUT2D eigenvalue weighted by atomic mass is 10.2. The largest absolute Gasteiger partial charge is 0.433 e. The summed E-state index contributed by atoms with van der Waals surface area (Å²) in [6.45, 7) is -0.0944. The molecule has 2 heterocycles. The summed E-state index contributed by atoms with van der Waals surface area (Å²) >= 11 is 0. The molecule has 0 N–H and O–H groups in total. The monoisotopic (exact) mass is 357 g/mol. The van der Waals surface area contributed by atoms with Crippen LogP contribution in [0.4, 0.5) is 13.2 Å². The van der Waals surface area contributed by atoms with Gasteiger partial charge in [0.25, 0.3) is 5.56 Å². The molecule has 0 aromatic carbocycles. The second kappa shape index (κ2) is 6.09. The summed E-state index contributed by atoms with van der Waals surface area (Å²) in [6, 6.07) is 2.93. The molecule has 0 unspecified atom stereocenters. The van der Waals surface area contributed by atoms with E-state index in [9.17, 15) is 26.4 Å². The molecule has 0 fully saturated rings. The van der Waals surface area contributed by atoms with Crippen molar-refractivity contribution in [2.45, 2.75) is 17.9 Å². The van der Waals surface area contributed by atoms with Crippen LogP contribution in [0.1, 0.15) is 5.69 Å². The Labute approximate surface area is 134 Å². The second-order valence-electron chi connectivity index (χ2n) is 4.78. The molecule has 2 aromatic heterocycles. The molecule has 6 nitrogen and oxygen atoms in total. The van der Waals surface area contributed by atoms with Gasteiger partial charge < -0.3 is 4.57 Å². The number of hydrogen-bond acceptors (Lipinski definition) is 5. The summed E-state index contributed by atoms with van der Waals surface area (Å²) in [6.07, 6.45) is 2.17. The Hall–Kier alpha value is -2.67. The average molecular weight is 357 g/mol. The molecule has 0 aliphatic rings. The molecule has 0 aliphatic carbocycles. The zero-order chi connectivity index (χ0) is 18.1. The fraction of sp³-hybridized carbons (Fsp3) is 0.214. The zero-order valence-electron chi connectivity index (χ0n) is 12.2. The third kappa shape index (κ3) is 3.80. The maximum Gasteiger partial charge on any atom is 0.433 e. The van der Waals surface area contributed by atoms with Gasteiger partial charge in [-0.05, 0) is 12.1 Å². The van der Waals surface area contributed by atoms with Crippen LogP contribution in [0.3, 0.4) is 0 Å². The number of rotatable bonds is 3. The first-order valence-electron chi connectivity index (χ1n) is 6.33. The minimum atomic E-state index is -4.86. The van der Waals surface area contributed by atoms with Crippen LogP contribution in [0, 0.1) is 12.3 Å². The summed E-state index contributed by atoms with van der Waals surface area (Å²) in [5, 5.41) is -0.956. The smallest absolute Gasteiger partial charge is 0.303 e. The Kier molecular flexibility index (Phi) is 4.48. The highest BCUT2D eigenvalue weighted by Crippen LogP contribution is 2.30. The number of hydrogen-bond donors (Lipinski definition) is 0. The molecular formula is C14H10F3N3O3S. The summed E-state index contributed by atoms with van der Waals surface area (Å²) < 4.78 is 63.0. The van der Waals surface area contributed by atoms with Crippen molar-refractivity contribution in [2.75, 3.05) is 6.26 Å². The second-order valence-corrected chi connectivity index (χ2v) is 6.69. The number of nitrogens with zero attached hydrogens (tertiary/aromatic N) is 3. The Bertz CT molecular complexity index is 989. The molecule has 2 aromatic rings. The first-order valence-corrected chi connectivity index (χ1v) is 8.22. The molecule has 0 saturated heterocycles. The number of pyridine rings is 1. The van der Waals surface area contributed by atoms with Crippen LogP contribution in [0.5, 0.6) is 0 Å². The zero-order valence-corrected chi connectivity index (χ0v) is 13.0. The summed E-state index contributed by atoms with van der Waals surface area (Å²) in [4.78, 5) is 18.3. The van der Waals surface area contributed by atoms with Gasteiger partial charge in [-0.25, -0.2) is 18.4 Å². The third-order valence-corrected chi connectivity index (χ3v) is 3.71. The molecular weight excluding hydrogens is 347 g/mol. The average Bonchev–Trinajstić information content (AvgIpc) is 2.47. The fourth-order valence-electron chi connectivity index (χ4n) is 1.79. The van der Waals surface area contributed by atoms with Gasteiger partial charge in [-0.2, -0.15) is 13.2 Å². The van der Waals surface area contributed by atoms with Crippen molar-refractivity contribution in [3.63, 3.8) is 0 Å². The van der Waals surface area contributed by atoms with E-state index in [1.807, 2.05) is 0 Å². The molecule has 24 heavy (non-hydrogen) atoms. The SMILES string of the molecule is C#CCn1cc(-c2cc(C(F)(F)F)nc(S(C)(=O)=O)n2)ccc1=O. The molecule has 126 valence electrons. The van der Waals surface area contributed by atoms with E-state index in [0.29, 0.717) is 12.3 Å².